The van der Waals surface area contributed by atoms with E-state index in [1.54, 1.807) is 0 Å². The largest absolute Gasteiger partial charge is 0.453 e. The first-order valence-electron chi connectivity index (χ1n) is 13.1. The number of hydrogen-bond acceptors (Lipinski definition) is 8. The van der Waals surface area contributed by atoms with E-state index in [1.807, 2.05) is 4.74 Å². The van der Waals surface area contributed by atoms with Gasteiger partial charge in [-0.15, -0.1) is 0 Å². The van der Waals surface area contributed by atoms with E-state index in [-0.39, 0.29) is 13.0 Å². The Balaban J connectivity index is 4.76. The fraction of sp³-hybridized carbons (Fsp3) is 1.00. The molecular formula is C23H36F12O7S. The summed E-state index contributed by atoms with van der Waals surface area (Å²) in [6.45, 7) is -6.61. The van der Waals surface area contributed by atoms with E-state index in [0.29, 0.717) is 12.8 Å². The molecule has 0 aliphatic carbocycles. The Morgan fingerprint density at radius 3 is 1.19 bits per heavy atom. The van der Waals surface area contributed by atoms with Gasteiger partial charge in [0.05, 0.1) is 26.4 Å². The summed E-state index contributed by atoms with van der Waals surface area (Å²) in [5.41, 5.74) is 0. The average molecular weight is 685 g/mol. The van der Waals surface area contributed by atoms with Crippen LogP contribution < -0.4 is 0 Å². The predicted octanol–water partition coefficient (Wildman–Crippen LogP) is 7.08. The third-order valence-corrected chi connectivity index (χ3v) is 5.40. The summed E-state index contributed by atoms with van der Waals surface area (Å²) in [7, 11) is 0. The van der Waals surface area contributed by atoms with Crippen molar-refractivity contribution in [2.75, 3.05) is 52.0 Å². The van der Waals surface area contributed by atoms with Crippen LogP contribution in [0.1, 0.15) is 57.8 Å². The lowest BCUT2D eigenvalue weighted by atomic mass is 10.1. The summed E-state index contributed by atoms with van der Waals surface area (Å²) >= 11 is 4.09. The van der Waals surface area contributed by atoms with Gasteiger partial charge in [-0.05, 0) is 18.6 Å². The Kier molecular flexibility index (Phi) is 19.3. The molecule has 0 rings (SSSR count). The maximum Gasteiger partial charge on any atom is 0.453 e. The zero-order valence-corrected chi connectivity index (χ0v) is 23.8. The van der Waals surface area contributed by atoms with Crippen LogP contribution in [0, 0.1) is 0 Å². The molecule has 0 aliphatic rings. The molecule has 0 aromatic heterocycles. The van der Waals surface area contributed by atoms with Crippen LogP contribution in [0.25, 0.3) is 0 Å². The lowest BCUT2D eigenvalue weighted by molar-refractivity contribution is -0.558. The van der Waals surface area contributed by atoms with Crippen molar-refractivity contribution in [3.63, 3.8) is 0 Å². The van der Waals surface area contributed by atoms with E-state index in [4.69, 9.17) is 5.11 Å². The molecular weight excluding hydrogens is 648 g/mol. The summed E-state index contributed by atoms with van der Waals surface area (Å²) in [5.74, 6) is 0.800. The highest BCUT2D eigenvalue weighted by molar-refractivity contribution is 7.80. The van der Waals surface area contributed by atoms with Crippen molar-refractivity contribution in [1.82, 2.24) is 0 Å². The van der Waals surface area contributed by atoms with Gasteiger partial charge in [0.2, 0.25) is 0 Å². The highest BCUT2D eigenvalue weighted by Gasteiger charge is 2.74. The average Bonchev–Trinajstić information content (AvgIpc) is 2.84. The van der Waals surface area contributed by atoms with Gasteiger partial charge in [0, 0.05) is 6.61 Å². The number of halogens is 12. The topological polar surface area (TPSA) is 75.6 Å². The maximum absolute atomic E-state index is 13.6. The number of aliphatic hydroxyl groups is 1. The van der Waals surface area contributed by atoms with Gasteiger partial charge in [0.1, 0.15) is 13.2 Å². The first kappa shape index (κ1) is 42.2. The Hall–Kier alpha value is -0.770. The molecule has 0 aliphatic heterocycles. The van der Waals surface area contributed by atoms with Crippen molar-refractivity contribution >= 4 is 12.6 Å². The van der Waals surface area contributed by atoms with Crippen LogP contribution in [0.15, 0.2) is 0 Å². The molecule has 0 aromatic rings. The van der Waals surface area contributed by atoms with Gasteiger partial charge < -0.3 is 19.3 Å². The Labute approximate surface area is 245 Å². The minimum absolute atomic E-state index is 0.180. The van der Waals surface area contributed by atoms with E-state index in [9.17, 15) is 52.7 Å². The molecule has 0 spiro atoms. The quantitative estimate of drug-likeness (QED) is 0.0519. The zero-order chi connectivity index (χ0) is 33.3. The maximum atomic E-state index is 13.6. The number of alkyl halides is 12. The highest BCUT2D eigenvalue weighted by Crippen LogP contribution is 2.48. The monoisotopic (exact) mass is 684 g/mol. The second-order valence-corrected chi connectivity index (χ2v) is 9.44. The molecule has 1 N–H and O–H groups in total. The molecule has 0 radical (unpaired) electrons. The third kappa shape index (κ3) is 18.1. The third-order valence-electron chi connectivity index (χ3n) is 5.08. The molecule has 0 bridgehead atoms. The number of rotatable bonds is 28. The molecule has 0 saturated heterocycles. The molecule has 0 aromatic carbocycles. The Bertz CT molecular complexity index is 737. The lowest BCUT2D eigenvalue weighted by Gasteiger charge is -2.34. The highest BCUT2D eigenvalue weighted by atomic mass is 32.1. The minimum atomic E-state index is -6.94. The first-order valence-corrected chi connectivity index (χ1v) is 13.7. The van der Waals surface area contributed by atoms with Crippen molar-refractivity contribution in [2.45, 2.75) is 94.4 Å². The van der Waals surface area contributed by atoms with Gasteiger partial charge in [0.15, 0.2) is 0 Å². The molecule has 260 valence electrons. The smallest absolute Gasteiger partial charge is 0.394 e. The number of unbranched alkanes of at least 4 members (excludes halogenated alkanes) is 8. The fourth-order valence-corrected chi connectivity index (χ4v) is 3.28. The van der Waals surface area contributed by atoms with Crippen LogP contribution in [0.3, 0.4) is 0 Å². The number of hydrogen-bond donors (Lipinski definition) is 2. The van der Waals surface area contributed by atoms with Crippen molar-refractivity contribution in [1.29, 1.82) is 0 Å². The summed E-state index contributed by atoms with van der Waals surface area (Å²) in [6, 6.07) is 0. The molecule has 20 heteroatoms. The van der Waals surface area contributed by atoms with Crippen molar-refractivity contribution < 1.29 is 86.2 Å². The first-order chi connectivity index (χ1) is 19.7. The van der Waals surface area contributed by atoms with Crippen LogP contribution in [0.2, 0.25) is 0 Å². The van der Waals surface area contributed by atoms with Crippen molar-refractivity contribution in [3.05, 3.63) is 0 Å². The molecule has 0 unspecified atom stereocenters. The SMILES string of the molecule is OCCOCCOCC(F)(F)OC(F)(F)C(F)(F)OC(F)(F)C(F)(F)OC(F)(F)COCCCCCCCCCCCS. The summed E-state index contributed by atoms with van der Waals surface area (Å²) in [5, 5.41) is 8.42. The van der Waals surface area contributed by atoms with Gasteiger partial charge in [-0.1, -0.05) is 44.9 Å². The molecule has 7 nitrogen and oxygen atoms in total. The van der Waals surface area contributed by atoms with Crippen LogP contribution in [0.4, 0.5) is 52.7 Å². The number of thiol groups is 1. The van der Waals surface area contributed by atoms with E-state index in [1.165, 1.54) is 0 Å². The zero-order valence-electron chi connectivity index (χ0n) is 22.9. The van der Waals surface area contributed by atoms with Gasteiger partial charge in [-0.2, -0.15) is 65.3 Å². The molecule has 0 fully saturated rings. The molecule has 0 atom stereocenters. The van der Waals surface area contributed by atoms with Crippen molar-refractivity contribution in [3.8, 4) is 0 Å². The summed E-state index contributed by atoms with van der Waals surface area (Å²) in [6.07, 6.45) is -30.6. The standard InChI is InChI=1S/C23H36F12O7S/c24-18(25,16-38-11-8-6-4-2-1-3-5-7-9-15-43)40-20(28,29)22(32,33)42-23(34,35)21(30,31)41-19(26,27)17-39-14-13-37-12-10-36/h36,43H,1-17H2. The second kappa shape index (κ2) is 19.7. The van der Waals surface area contributed by atoms with E-state index in [2.05, 4.69) is 36.3 Å². The van der Waals surface area contributed by atoms with Crippen LogP contribution >= 0.6 is 12.6 Å². The van der Waals surface area contributed by atoms with Crippen molar-refractivity contribution in [2.24, 2.45) is 0 Å². The lowest BCUT2D eigenvalue weighted by Crippen LogP contribution is -2.58. The van der Waals surface area contributed by atoms with Gasteiger partial charge in [-0.25, -0.2) is 14.2 Å². The summed E-state index contributed by atoms with van der Waals surface area (Å²) < 4.78 is 183. The van der Waals surface area contributed by atoms with Gasteiger partial charge in [0.25, 0.3) is 0 Å². The number of ether oxygens (including phenoxy) is 6. The molecule has 0 heterocycles. The van der Waals surface area contributed by atoms with E-state index >= 15 is 0 Å². The van der Waals surface area contributed by atoms with E-state index in [0.717, 1.165) is 44.3 Å². The predicted molar refractivity (Wildman–Crippen MR) is 128 cm³/mol. The van der Waals surface area contributed by atoms with Crippen LogP contribution in [-0.4, -0.2) is 93.8 Å². The Morgan fingerprint density at radius 2 is 0.767 bits per heavy atom. The number of aliphatic hydroxyl groups excluding tert-OH is 1. The Morgan fingerprint density at radius 1 is 0.419 bits per heavy atom. The normalized spacial score (nSPS) is 14.1. The van der Waals surface area contributed by atoms with Gasteiger partial charge >= 0.3 is 36.7 Å². The second-order valence-electron chi connectivity index (χ2n) is 8.99. The van der Waals surface area contributed by atoms with Crippen LogP contribution in [-0.2, 0) is 28.4 Å². The minimum Gasteiger partial charge on any atom is -0.394 e. The summed E-state index contributed by atoms with van der Waals surface area (Å²) in [4.78, 5) is 0. The van der Waals surface area contributed by atoms with Crippen LogP contribution in [0.5, 0.6) is 0 Å². The molecule has 0 saturated carbocycles. The molecule has 43 heavy (non-hydrogen) atoms. The van der Waals surface area contributed by atoms with Gasteiger partial charge in [-0.3, -0.25) is 0 Å². The molecule has 0 amide bonds. The fourth-order valence-electron chi connectivity index (χ4n) is 3.05. The van der Waals surface area contributed by atoms with E-state index < -0.39 is 76.3 Å².